The Morgan fingerprint density at radius 3 is 3.11 bits per heavy atom. The molecule has 4 heteroatoms. The lowest BCUT2D eigenvalue weighted by Gasteiger charge is -2.30. The number of aromatic nitrogens is 1. The molecule has 1 aliphatic rings. The topological polar surface area (TPSA) is 34.5 Å². The zero-order valence-corrected chi connectivity index (χ0v) is 11.1. The SMILES string of the molecule is CN1CCOC(Cn2ccc3cc(C=O)ccc32)C1. The molecule has 1 fully saturated rings. The molecule has 0 radical (unpaired) electrons. The van der Waals surface area contributed by atoms with Gasteiger partial charge in [-0.15, -0.1) is 0 Å². The lowest BCUT2D eigenvalue weighted by molar-refractivity contribution is -0.0269. The summed E-state index contributed by atoms with van der Waals surface area (Å²) in [6.07, 6.45) is 3.19. The molecule has 3 rings (SSSR count). The summed E-state index contributed by atoms with van der Waals surface area (Å²) in [5.41, 5.74) is 1.88. The van der Waals surface area contributed by atoms with E-state index in [1.807, 2.05) is 18.2 Å². The summed E-state index contributed by atoms with van der Waals surface area (Å²) in [4.78, 5) is 13.1. The van der Waals surface area contributed by atoms with E-state index in [1.165, 1.54) is 0 Å². The van der Waals surface area contributed by atoms with E-state index in [0.29, 0.717) is 0 Å². The van der Waals surface area contributed by atoms with Gasteiger partial charge in [-0.2, -0.15) is 0 Å². The largest absolute Gasteiger partial charge is 0.374 e. The minimum Gasteiger partial charge on any atom is -0.374 e. The number of carbonyl (C=O) groups is 1. The smallest absolute Gasteiger partial charge is 0.150 e. The maximum Gasteiger partial charge on any atom is 0.150 e. The summed E-state index contributed by atoms with van der Waals surface area (Å²) >= 11 is 0. The number of nitrogens with zero attached hydrogens (tertiary/aromatic N) is 2. The Morgan fingerprint density at radius 2 is 2.32 bits per heavy atom. The third kappa shape index (κ3) is 2.55. The fraction of sp³-hybridized carbons (Fsp3) is 0.400. The van der Waals surface area contributed by atoms with Crippen LogP contribution in [0.15, 0.2) is 30.5 Å². The van der Waals surface area contributed by atoms with Crippen molar-refractivity contribution in [2.75, 3.05) is 26.7 Å². The van der Waals surface area contributed by atoms with Crippen LogP contribution in [0.2, 0.25) is 0 Å². The van der Waals surface area contributed by atoms with Crippen LogP contribution in [0.1, 0.15) is 10.4 Å². The number of fused-ring (bicyclic) bond motifs is 1. The van der Waals surface area contributed by atoms with E-state index in [0.717, 1.165) is 49.0 Å². The fourth-order valence-corrected chi connectivity index (χ4v) is 2.65. The molecule has 1 aromatic carbocycles. The summed E-state index contributed by atoms with van der Waals surface area (Å²) in [7, 11) is 2.12. The number of hydrogen-bond acceptors (Lipinski definition) is 3. The van der Waals surface area contributed by atoms with Crippen molar-refractivity contribution in [2.45, 2.75) is 12.6 Å². The minimum atomic E-state index is 0.236. The Kier molecular flexibility index (Phi) is 3.36. The molecule has 0 saturated carbocycles. The van der Waals surface area contributed by atoms with E-state index in [-0.39, 0.29) is 6.10 Å². The van der Waals surface area contributed by atoms with Gasteiger partial charge in [-0.3, -0.25) is 4.79 Å². The van der Waals surface area contributed by atoms with E-state index in [9.17, 15) is 4.79 Å². The van der Waals surface area contributed by atoms with Crippen LogP contribution in [0, 0.1) is 0 Å². The van der Waals surface area contributed by atoms with E-state index in [1.54, 1.807) is 0 Å². The minimum absolute atomic E-state index is 0.236. The van der Waals surface area contributed by atoms with Gasteiger partial charge in [-0.1, -0.05) is 0 Å². The molecule has 100 valence electrons. The number of benzene rings is 1. The standard InChI is InChI=1S/C15H18N2O2/c1-16-6-7-19-14(9-16)10-17-5-4-13-8-12(11-18)2-3-15(13)17/h2-5,8,11,14H,6-7,9-10H2,1H3. The van der Waals surface area contributed by atoms with E-state index in [4.69, 9.17) is 4.74 Å². The Hall–Kier alpha value is -1.65. The summed E-state index contributed by atoms with van der Waals surface area (Å²) in [5.74, 6) is 0. The maximum atomic E-state index is 10.8. The zero-order valence-electron chi connectivity index (χ0n) is 11.1. The van der Waals surface area contributed by atoms with Crippen LogP contribution in [-0.2, 0) is 11.3 Å². The predicted molar refractivity (Wildman–Crippen MR) is 74.6 cm³/mol. The van der Waals surface area contributed by atoms with Crippen molar-refractivity contribution in [3.63, 3.8) is 0 Å². The molecule has 2 heterocycles. The van der Waals surface area contributed by atoms with Crippen LogP contribution in [0.4, 0.5) is 0 Å². The summed E-state index contributed by atoms with van der Waals surface area (Å²) in [6.45, 7) is 3.63. The molecule has 1 aromatic heterocycles. The van der Waals surface area contributed by atoms with E-state index >= 15 is 0 Å². The zero-order chi connectivity index (χ0) is 13.2. The molecule has 19 heavy (non-hydrogen) atoms. The molecule has 0 N–H and O–H groups in total. The molecule has 0 aliphatic carbocycles. The first-order chi connectivity index (χ1) is 9.26. The van der Waals surface area contributed by atoms with E-state index < -0.39 is 0 Å². The average molecular weight is 258 g/mol. The monoisotopic (exact) mass is 258 g/mol. The van der Waals surface area contributed by atoms with Crippen molar-refractivity contribution in [1.29, 1.82) is 0 Å². The van der Waals surface area contributed by atoms with Gasteiger partial charge in [-0.25, -0.2) is 0 Å². The first-order valence-electron chi connectivity index (χ1n) is 6.60. The van der Waals surface area contributed by atoms with E-state index in [2.05, 4.69) is 28.8 Å². The van der Waals surface area contributed by atoms with Gasteiger partial charge >= 0.3 is 0 Å². The van der Waals surface area contributed by atoms with Gasteiger partial charge < -0.3 is 14.2 Å². The quantitative estimate of drug-likeness (QED) is 0.787. The molecule has 2 aromatic rings. The molecule has 4 nitrogen and oxygen atoms in total. The second-order valence-electron chi connectivity index (χ2n) is 5.16. The average Bonchev–Trinajstić information content (AvgIpc) is 2.81. The van der Waals surface area contributed by atoms with Crippen LogP contribution in [0.5, 0.6) is 0 Å². The van der Waals surface area contributed by atoms with Gasteiger partial charge in [0.15, 0.2) is 0 Å². The highest BCUT2D eigenvalue weighted by Gasteiger charge is 2.18. The third-order valence-corrected chi connectivity index (χ3v) is 3.67. The highest BCUT2D eigenvalue weighted by Crippen LogP contribution is 2.18. The fourth-order valence-electron chi connectivity index (χ4n) is 2.65. The van der Waals surface area contributed by atoms with Gasteiger partial charge in [0.05, 0.1) is 19.3 Å². The molecule has 0 amide bonds. The third-order valence-electron chi connectivity index (χ3n) is 3.67. The van der Waals surface area contributed by atoms with Crippen LogP contribution < -0.4 is 0 Å². The molecular weight excluding hydrogens is 240 g/mol. The second-order valence-corrected chi connectivity index (χ2v) is 5.16. The van der Waals surface area contributed by atoms with Crippen LogP contribution in [-0.4, -0.2) is 48.6 Å². The molecular formula is C15H18N2O2. The molecule has 1 aliphatic heterocycles. The molecule has 0 spiro atoms. The number of ether oxygens (including phenoxy) is 1. The van der Waals surface area contributed by atoms with Crippen molar-refractivity contribution in [3.8, 4) is 0 Å². The summed E-state index contributed by atoms with van der Waals surface area (Å²) < 4.78 is 8.00. The number of aldehydes is 1. The number of morpholine rings is 1. The first kappa shape index (κ1) is 12.4. The summed E-state index contributed by atoms with van der Waals surface area (Å²) in [6, 6.07) is 7.84. The lowest BCUT2D eigenvalue weighted by Crippen LogP contribution is -2.41. The summed E-state index contributed by atoms with van der Waals surface area (Å²) in [5, 5.41) is 1.11. The molecule has 1 saturated heterocycles. The van der Waals surface area contributed by atoms with Crippen molar-refractivity contribution < 1.29 is 9.53 Å². The van der Waals surface area contributed by atoms with Gasteiger partial charge in [-0.05, 0) is 31.3 Å². The lowest BCUT2D eigenvalue weighted by atomic mass is 10.2. The number of rotatable bonds is 3. The van der Waals surface area contributed by atoms with Crippen LogP contribution in [0.25, 0.3) is 10.9 Å². The highest BCUT2D eigenvalue weighted by atomic mass is 16.5. The van der Waals surface area contributed by atoms with Crippen molar-refractivity contribution >= 4 is 17.2 Å². The number of hydrogen-bond donors (Lipinski definition) is 0. The molecule has 1 atom stereocenters. The van der Waals surface area contributed by atoms with Crippen molar-refractivity contribution in [2.24, 2.45) is 0 Å². The Balaban J connectivity index is 1.83. The Labute approximate surface area is 112 Å². The number of carbonyl (C=O) groups excluding carboxylic acids is 1. The van der Waals surface area contributed by atoms with Crippen LogP contribution >= 0.6 is 0 Å². The van der Waals surface area contributed by atoms with Crippen molar-refractivity contribution in [1.82, 2.24) is 9.47 Å². The predicted octanol–water partition coefficient (Wildman–Crippen LogP) is 1.78. The van der Waals surface area contributed by atoms with Crippen molar-refractivity contribution in [3.05, 3.63) is 36.0 Å². The molecule has 0 bridgehead atoms. The van der Waals surface area contributed by atoms with Gasteiger partial charge in [0.1, 0.15) is 6.29 Å². The first-order valence-corrected chi connectivity index (χ1v) is 6.60. The maximum absolute atomic E-state index is 10.8. The number of likely N-dealkylation sites (N-methyl/N-ethyl adjacent to an activating group) is 1. The normalized spacial score (nSPS) is 20.8. The van der Waals surface area contributed by atoms with Crippen LogP contribution in [0.3, 0.4) is 0 Å². The Bertz CT molecular complexity index is 591. The van der Waals surface area contributed by atoms with Gasteiger partial charge in [0.2, 0.25) is 0 Å². The highest BCUT2D eigenvalue weighted by molar-refractivity contribution is 5.87. The molecule has 1 unspecified atom stereocenters. The second kappa shape index (κ2) is 5.15. The van der Waals surface area contributed by atoms with Gasteiger partial charge in [0.25, 0.3) is 0 Å². The Morgan fingerprint density at radius 1 is 1.42 bits per heavy atom. The van der Waals surface area contributed by atoms with Gasteiger partial charge in [0, 0.05) is 35.8 Å².